The molecule has 6 rings (SSSR count). The van der Waals surface area contributed by atoms with Gasteiger partial charge in [-0.2, -0.15) is 10.1 Å². The Morgan fingerprint density at radius 2 is 1.71 bits per heavy atom. The highest BCUT2D eigenvalue weighted by atomic mass is 35.5. The predicted molar refractivity (Wildman–Crippen MR) is 135 cm³/mol. The van der Waals surface area contributed by atoms with Gasteiger partial charge in [0, 0.05) is 35.9 Å². The quantitative estimate of drug-likeness (QED) is 0.407. The zero-order valence-corrected chi connectivity index (χ0v) is 19.9. The zero-order valence-electron chi connectivity index (χ0n) is 19.2. The Balaban J connectivity index is 1.59. The molecule has 0 unspecified atom stereocenters. The lowest BCUT2D eigenvalue weighted by molar-refractivity contribution is 0.223. The standard InChI is InChI=1S/C27H24ClN5O/c1-16-4-6-17(7-5-16)25-23-24(31-27-29-15-30-33(25)27)21-14-19(28)10-13-22(21)34-26(23)18-8-11-20(12-9-18)32(2)3/h4-15,25-26H,1-3H3,(H,29,30,31)/t25-,26-/m0/s1. The number of nitrogens with one attached hydrogen (secondary N) is 1. The number of hydrogen-bond donors (Lipinski definition) is 1. The third kappa shape index (κ3) is 3.33. The van der Waals surface area contributed by atoms with E-state index in [0.717, 1.165) is 39.4 Å². The SMILES string of the molecule is Cc1ccc([C@H]2C3=C(Nc4ncnn42)c2cc(Cl)ccc2O[C@H]3c2ccc(N(C)C)cc2)cc1. The monoisotopic (exact) mass is 469 g/mol. The average Bonchev–Trinajstić information content (AvgIpc) is 3.31. The second-order valence-corrected chi connectivity index (χ2v) is 9.36. The molecule has 4 aromatic rings. The summed E-state index contributed by atoms with van der Waals surface area (Å²) < 4.78 is 8.61. The second kappa shape index (κ2) is 7.92. The molecule has 34 heavy (non-hydrogen) atoms. The molecule has 7 heteroatoms. The minimum atomic E-state index is -0.309. The summed E-state index contributed by atoms with van der Waals surface area (Å²) in [4.78, 5) is 6.58. The molecule has 0 aliphatic carbocycles. The van der Waals surface area contributed by atoms with E-state index in [2.05, 4.69) is 75.8 Å². The molecule has 0 radical (unpaired) electrons. The first-order valence-corrected chi connectivity index (χ1v) is 11.6. The van der Waals surface area contributed by atoms with E-state index < -0.39 is 0 Å². The number of rotatable bonds is 3. The number of fused-ring (bicyclic) bond motifs is 3. The van der Waals surface area contributed by atoms with Crippen molar-refractivity contribution in [1.29, 1.82) is 0 Å². The van der Waals surface area contributed by atoms with E-state index in [9.17, 15) is 0 Å². The van der Waals surface area contributed by atoms with Crippen LogP contribution in [0.4, 0.5) is 11.6 Å². The van der Waals surface area contributed by atoms with Crippen LogP contribution in [0.5, 0.6) is 5.75 Å². The first-order valence-electron chi connectivity index (χ1n) is 11.2. The molecule has 0 saturated carbocycles. The molecule has 3 aromatic carbocycles. The zero-order chi connectivity index (χ0) is 23.4. The first kappa shape index (κ1) is 20.8. The maximum Gasteiger partial charge on any atom is 0.226 e. The summed E-state index contributed by atoms with van der Waals surface area (Å²) in [6.45, 7) is 2.09. The molecule has 1 aromatic heterocycles. The van der Waals surface area contributed by atoms with E-state index in [4.69, 9.17) is 16.3 Å². The summed E-state index contributed by atoms with van der Waals surface area (Å²) in [7, 11) is 4.08. The van der Waals surface area contributed by atoms with Gasteiger partial charge < -0.3 is 15.0 Å². The van der Waals surface area contributed by atoms with Gasteiger partial charge in [0.2, 0.25) is 5.95 Å². The molecular weight excluding hydrogens is 446 g/mol. The fourth-order valence-corrected chi connectivity index (χ4v) is 4.91. The molecule has 170 valence electrons. The van der Waals surface area contributed by atoms with Gasteiger partial charge in [0.25, 0.3) is 0 Å². The van der Waals surface area contributed by atoms with Gasteiger partial charge in [0.15, 0.2) is 0 Å². The van der Waals surface area contributed by atoms with Crippen LogP contribution in [0.15, 0.2) is 78.6 Å². The molecule has 3 heterocycles. The van der Waals surface area contributed by atoms with E-state index in [1.807, 2.05) is 37.0 Å². The van der Waals surface area contributed by atoms with Gasteiger partial charge in [0.05, 0.1) is 5.70 Å². The third-order valence-corrected chi connectivity index (χ3v) is 6.72. The van der Waals surface area contributed by atoms with Gasteiger partial charge in [0.1, 0.15) is 24.2 Å². The molecule has 1 N–H and O–H groups in total. The molecule has 6 nitrogen and oxygen atoms in total. The van der Waals surface area contributed by atoms with E-state index in [1.54, 1.807) is 6.33 Å². The highest BCUT2D eigenvalue weighted by molar-refractivity contribution is 6.30. The van der Waals surface area contributed by atoms with E-state index in [1.165, 1.54) is 5.56 Å². The Morgan fingerprint density at radius 1 is 0.971 bits per heavy atom. The van der Waals surface area contributed by atoms with Crippen molar-refractivity contribution in [3.8, 4) is 5.75 Å². The number of aryl methyl sites for hydroxylation is 1. The fraction of sp³-hybridized carbons (Fsp3) is 0.185. The van der Waals surface area contributed by atoms with Crippen LogP contribution in [0.2, 0.25) is 5.02 Å². The maximum atomic E-state index is 6.68. The largest absolute Gasteiger partial charge is 0.480 e. The predicted octanol–water partition coefficient (Wildman–Crippen LogP) is 5.87. The topological polar surface area (TPSA) is 55.2 Å². The van der Waals surface area contributed by atoms with Crippen molar-refractivity contribution in [3.05, 3.63) is 106 Å². The van der Waals surface area contributed by atoms with Crippen LogP contribution in [-0.2, 0) is 0 Å². The molecule has 0 spiro atoms. The number of nitrogens with zero attached hydrogens (tertiary/aromatic N) is 4. The number of anilines is 2. The molecule has 0 bridgehead atoms. The summed E-state index contributed by atoms with van der Waals surface area (Å²) in [5.41, 5.74) is 7.51. The summed E-state index contributed by atoms with van der Waals surface area (Å²) in [6, 6.07) is 22.6. The molecule has 2 aliphatic rings. The van der Waals surface area contributed by atoms with Crippen molar-refractivity contribution in [2.75, 3.05) is 24.3 Å². The molecule has 0 fully saturated rings. The Hall–Kier alpha value is -3.77. The maximum absolute atomic E-state index is 6.68. The van der Waals surface area contributed by atoms with Crippen LogP contribution < -0.4 is 15.0 Å². The molecule has 0 amide bonds. The Kier molecular flexibility index (Phi) is 4.85. The molecule has 2 atom stereocenters. The van der Waals surface area contributed by atoms with Crippen molar-refractivity contribution >= 4 is 28.9 Å². The molecule has 2 aliphatic heterocycles. The van der Waals surface area contributed by atoms with Crippen LogP contribution in [0.1, 0.15) is 34.4 Å². The van der Waals surface area contributed by atoms with Gasteiger partial charge in [-0.3, -0.25) is 0 Å². The summed E-state index contributed by atoms with van der Waals surface area (Å²) >= 11 is 6.41. The Bertz CT molecular complexity index is 1410. The van der Waals surface area contributed by atoms with Crippen LogP contribution >= 0.6 is 11.6 Å². The minimum Gasteiger partial charge on any atom is -0.480 e. The van der Waals surface area contributed by atoms with Crippen molar-refractivity contribution < 1.29 is 4.74 Å². The summed E-state index contributed by atoms with van der Waals surface area (Å²) in [5, 5.41) is 8.77. The fourth-order valence-electron chi connectivity index (χ4n) is 4.73. The highest BCUT2D eigenvalue weighted by Crippen LogP contribution is 2.51. The third-order valence-electron chi connectivity index (χ3n) is 6.48. The summed E-state index contributed by atoms with van der Waals surface area (Å²) in [6.07, 6.45) is 1.28. The van der Waals surface area contributed by atoms with E-state index in [0.29, 0.717) is 11.0 Å². The van der Waals surface area contributed by atoms with E-state index >= 15 is 0 Å². The second-order valence-electron chi connectivity index (χ2n) is 8.92. The lowest BCUT2D eigenvalue weighted by Crippen LogP contribution is -2.32. The minimum absolute atomic E-state index is 0.181. The Labute approximate surface area is 203 Å². The van der Waals surface area contributed by atoms with E-state index in [-0.39, 0.29) is 12.1 Å². The summed E-state index contributed by atoms with van der Waals surface area (Å²) in [5.74, 6) is 1.48. The van der Waals surface area contributed by atoms with Gasteiger partial charge in [-0.25, -0.2) is 4.68 Å². The van der Waals surface area contributed by atoms with Crippen LogP contribution in [0.3, 0.4) is 0 Å². The number of hydrogen-bond acceptors (Lipinski definition) is 5. The number of halogens is 1. The van der Waals surface area contributed by atoms with Crippen molar-refractivity contribution in [2.45, 2.75) is 19.1 Å². The van der Waals surface area contributed by atoms with Crippen molar-refractivity contribution in [2.24, 2.45) is 0 Å². The highest BCUT2D eigenvalue weighted by Gasteiger charge is 2.41. The molecular formula is C27H24ClN5O. The van der Waals surface area contributed by atoms with Gasteiger partial charge in [-0.05, 0) is 48.4 Å². The van der Waals surface area contributed by atoms with Crippen molar-refractivity contribution in [1.82, 2.24) is 14.8 Å². The lowest BCUT2D eigenvalue weighted by Gasteiger charge is -2.39. The van der Waals surface area contributed by atoms with Crippen molar-refractivity contribution in [3.63, 3.8) is 0 Å². The smallest absolute Gasteiger partial charge is 0.226 e. The Morgan fingerprint density at radius 3 is 2.44 bits per heavy atom. The first-order chi connectivity index (χ1) is 16.5. The van der Waals surface area contributed by atoms with Gasteiger partial charge in [-0.15, -0.1) is 0 Å². The van der Waals surface area contributed by atoms with Gasteiger partial charge in [-0.1, -0.05) is 53.6 Å². The average molecular weight is 470 g/mol. The number of benzene rings is 3. The molecule has 0 saturated heterocycles. The normalized spacial score (nSPS) is 18.4. The number of ether oxygens (including phenoxy) is 1. The number of aromatic nitrogens is 3. The van der Waals surface area contributed by atoms with Crippen LogP contribution in [-0.4, -0.2) is 28.9 Å². The van der Waals surface area contributed by atoms with Crippen LogP contribution in [0, 0.1) is 6.92 Å². The van der Waals surface area contributed by atoms with Crippen LogP contribution in [0.25, 0.3) is 5.70 Å². The van der Waals surface area contributed by atoms with Gasteiger partial charge >= 0.3 is 0 Å². The lowest BCUT2D eigenvalue weighted by atomic mass is 9.84.